The number of hydrogen-bond acceptors (Lipinski definition) is 2. The molecule has 1 atom stereocenters. The maximum atomic E-state index is 14.5. The summed E-state index contributed by atoms with van der Waals surface area (Å²) in [4.78, 5) is 14.7. The number of halogens is 1. The van der Waals surface area contributed by atoms with Crippen molar-refractivity contribution < 1.29 is 9.18 Å². The Hall–Kier alpha value is -2.40. The Labute approximate surface area is 147 Å². The smallest absolute Gasteiger partial charge is 0.271 e. The zero-order valence-corrected chi connectivity index (χ0v) is 14.5. The molecule has 2 aliphatic heterocycles. The van der Waals surface area contributed by atoms with Gasteiger partial charge in [0, 0.05) is 24.3 Å². The lowest BCUT2D eigenvalue weighted by Gasteiger charge is -2.28. The number of anilines is 1. The van der Waals surface area contributed by atoms with Crippen molar-refractivity contribution in [1.82, 2.24) is 10.0 Å². The van der Waals surface area contributed by atoms with Crippen molar-refractivity contribution in [2.45, 2.75) is 32.4 Å². The Bertz CT molecular complexity index is 790. The van der Waals surface area contributed by atoms with Gasteiger partial charge in [-0.1, -0.05) is 44.2 Å². The van der Waals surface area contributed by atoms with E-state index in [9.17, 15) is 9.18 Å². The van der Waals surface area contributed by atoms with Crippen molar-refractivity contribution in [3.8, 4) is 0 Å². The summed E-state index contributed by atoms with van der Waals surface area (Å²) in [6.45, 7) is 5.72. The van der Waals surface area contributed by atoms with E-state index in [1.807, 2.05) is 35.3 Å². The van der Waals surface area contributed by atoms with Crippen molar-refractivity contribution >= 4 is 11.7 Å². The molecule has 2 aromatic rings. The van der Waals surface area contributed by atoms with E-state index >= 15 is 0 Å². The van der Waals surface area contributed by atoms with Crippen molar-refractivity contribution in [2.24, 2.45) is 0 Å². The van der Waals surface area contributed by atoms with Gasteiger partial charge in [-0.2, -0.15) is 5.01 Å². The van der Waals surface area contributed by atoms with Gasteiger partial charge in [-0.25, -0.2) is 9.18 Å². The molecule has 0 aromatic heterocycles. The third-order valence-electron chi connectivity index (χ3n) is 5.04. The second-order valence-corrected chi connectivity index (χ2v) is 6.93. The van der Waals surface area contributed by atoms with E-state index in [0.717, 1.165) is 18.7 Å². The first-order valence-corrected chi connectivity index (χ1v) is 8.79. The molecule has 0 saturated carbocycles. The third kappa shape index (κ3) is 2.59. The fraction of sp³-hybridized carbons (Fsp3) is 0.350. The molecule has 2 heterocycles. The van der Waals surface area contributed by atoms with Crippen molar-refractivity contribution in [3.63, 3.8) is 0 Å². The van der Waals surface area contributed by atoms with Crippen LogP contribution in [0.2, 0.25) is 0 Å². The van der Waals surface area contributed by atoms with E-state index in [-0.39, 0.29) is 11.8 Å². The summed E-state index contributed by atoms with van der Waals surface area (Å²) in [6, 6.07) is 14.7. The molecule has 130 valence electrons. The molecule has 1 unspecified atom stereocenters. The van der Waals surface area contributed by atoms with Crippen LogP contribution in [0.15, 0.2) is 48.5 Å². The highest BCUT2D eigenvalue weighted by atomic mass is 19.1. The predicted molar refractivity (Wildman–Crippen MR) is 95.6 cm³/mol. The van der Waals surface area contributed by atoms with E-state index in [1.165, 1.54) is 11.6 Å². The summed E-state index contributed by atoms with van der Waals surface area (Å²) in [6.07, 6.45) is 0.484. The van der Waals surface area contributed by atoms with Crippen LogP contribution in [-0.4, -0.2) is 29.1 Å². The van der Waals surface area contributed by atoms with Crippen LogP contribution in [0, 0.1) is 5.82 Å². The van der Waals surface area contributed by atoms with Crippen molar-refractivity contribution in [2.75, 3.05) is 18.0 Å². The number of hydrazine groups is 1. The number of hydrogen-bond donors (Lipinski definition) is 0. The minimum atomic E-state index is -0.430. The standard InChI is InChI=1S/C20H22FN3O/c1-14(2)15-8-10-16(11-9-15)24-19(17-6-3-4-7-18(17)21)22-12-5-13-23(22)20(24)25/h3-4,6-11,14,19H,5,12-13H2,1-2H3. The maximum Gasteiger partial charge on any atom is 0.340 e. The van der Waals surface area contributed by atoms with Gasteiger partial charge in [-0.3, -0.25) is 9.91 Å². The number of rotatable bonds is 3. The van der Waals surface area contributed by atoms with Crippen LogP contribution < -0.4 is 4.90 Å². The van der Waals surface area contributed by atoms with Gasteiger partial charge in [0.25, 0.3) is 0 Å². The molecule has 5 heteroatoms. The van der Waals surface area contributed by atoms with Crippen LogP contribution in [0.3, 0.4) is 0 Å². The summed E-state index contributed by atoms with van der Waals surface area (Å²) in [5.74, 6) is 0.149. The second-order valence-electron chi connectivity index (χ2n) is 6.93. The van der Waals surface area contributed by atoms with E-state index in [4.69, 9.17) is 0 Å². The first-order valence-electron chi connectivity index (χ1n) is 8.79. The lowest BCUT2D eigenvalue weighted by Crippen LogP contribution is -2.32. The first-order chi connectivity index (χ1) is 12.1. The molecule has 0 aliphatic carbocycles. The molecule has 0 bridgehead atoms. The molecular weight excluding hydrogens is 317 g/mol. The number of fused-ring (bicyclic) bond motifs is 1. The summed E-state index contributed by atoms with van der Waals surface area (Å²) < 4.78 is 14.5. The van der Waals surface area contributed by atoms with Crippen LogP contribution in [0.5, 0.6) is 0 Å². The molecule has 2 aliphatic rings. The molecule has 25 heavy (non-hydrogen) atoms. The topological polar surface area (TPSA) is 26.8 Å². The van der Waals surface area contributed by atoms with Gasteiger partial charge in [0.2, 0.25) is 0 Å². The molecule has 2 amide bonds. The fourth-order valence-electron chi connectivity index (χ4n) is 3.71. The molecule has 2 aromatic carbocycles. The Balaban J connectivity index is 1.78. The quantitative estimate of drug-likeness (QED) is 0.822. The highest BCUT2D eigenvalue weighted by Crippen LogP contribution is 2.41. The number of benzene rings is 2. The van der Waals surface area contributed by atoms with E-state index < -0.39 is 6.17 Å². The SMILES string of the molecule is CC(C)c1ccc(N2C(=O)N3CCCN3C2c2ccccc2F)cc1. The summed E-state index contributed by atoms with van der Waals surface area (Å²) in [5.41, 5.74) is 2.56. The molecule has 4 rings (SSSR count). The van der Waals surface area contributed by atoms with Crippen LogP contribution in [-0.2, 0) is 0 Å². The van der Waals surface area contributed by atoms with Gasteiger partial charge in [0.05, 0.1) is 0 Å². The largest absolute Gasteiger partial charge is 0.340 e. The van der Waals surface area contributed by atoms with Gasteiger partial charge < -0.3 is 0 Å². The molecular formula is C20H22FN3O. The third-order valence-corrected chi connectivity index (χ3v) is 5.04. The van der Waals surface area contributed by atoms with Gasteiger partial charge in [0.15, 0.2) is 0 Å². The number of nitrogens with zero attached hydrogens (tertiary/aromatic N) is 3. The van der Waals surface area contributed by atoms with Crippen LogP contribution in [0.1, 0.15) is 43.5 Å². The zero-order valence-electron chi connectivity index (χ0n) is 14.5. The molecule has 4 nitrogen and oxygen atoms in total. The predicted octanol–water partition coefficient (Wildman–Crippen LogP) is 4.51. The van der Waals surface area contributed by atoms with Crippen LogP contribution in [0.4, 0.5) is 14.9 Å². The lowest BCUT2D eigenvalue weighted by atomic mass is 10.0. The molecule has 2 saturated heterocycles. The highest BCUT2D eigenvalue weighted by Gasteiger charge is 2.48. The second kappa shape index (κ2) is 6.15. The number of urea groups is 1. The number of carbonyl (C=O) groups is 1. The summed E-state index contributed by atoms with van der Waals surface area (Å²) >= 11 is 0. The summed E-state index contributed by atoms with van der Waals surface area (Å²) in [7, 11) is 0. The maximum absolute atomic E-state index is 14.5. The first kappa shape index (κ1) is 16.1. The minimum absolute atomic E-state index is 0.0805. The van der Waals surface area contributed by atoms with Crippen molar-refractivity contribution in [3.05, 3.63) is 65.5 Å². The molecule has 0 spiro atoms. The molecule has 2 fully saturated rings. The van der Waals surface area contributed by atoms with Gasteiger partial charge >= 0.3 is 6.03 Å². The highest BCUT2D eigenvalue weighted by molar-refractivity contribution is 5.94. The Kier molecular flexibility index (Phi) is 3.96. The van der Waals surface area contributed by atoms with Gasteiger partial charge in [-0.05, 0) is 36.1 Å². The van der Waals surface area contributed by atoms with Crippen LogP contribution >= 0.6 is 0 Å². The summed E-state index contributed by atoms with van der Waals surface area (Å²) in [5, 5.41) is 3.73. The monoisotopic (exact) mass is 339 g/mol. The lowest BCUT2D eigenvalue weighted by molar-refractivity contribution is 0.0714. The zero-order chi connectivity index (χ0) is 17.6. The van der Waals surface area contributed by atoms with E-state index in [0.29, 0.717) is 18.0 Å². The normalized spacial score (nSPS) is 20.6. The average molecular weight is 339 g/mol. The van der Waals surface area contributed by atoms with Crippen LogP contribution in [0.25, 0.3) is 0 Å². The average Bonchev–Trinajstić information content (AvgIpc) is 3.18. The Morgan fingerprint density at radius 3 is 2.44 bits per heavy atom. The van der Waals surface area contributed by atoms with E-state index in [1.54, 1.807) is 22.0 Å². The molecule has 0 radical (unpaired) electrons. The number of amides is 2. The Morgan fingerprint density at radius 2 is 1.76 bits per heavy atom. The molecule has 0 N–H and O–H groups in total. The van der Waals surface area contributed by atoms with Gasteiger partial charge in [0.1, 0.15) is 12.0 Å². The van der Waals surface area contributed by atoms with Gasteiger partial charge in [-0.15, -0.1) is 0 Å². The Morgan fingerprint density at radius 1 is 1.04 bits per heavy atom. The number of carbonyl (C=O) groups excluding carboxylic acids is 1. The van der Waals surface area contributed by atoms with Crippen molar-refractivity contribution in [1.29, 1.82) is 0 Å². The van der Waals surface area contributed by atoms with E-state index in [2.05, 4.69) is 13.8 Å². The minimum Gasteiger partial charge on any atom is -0.271 e. The fourth-order valence-corrected chi connectivity index (χ4v) is 3.71.